The van der Waals surface area contributed by atoms with Crippen molar-refractivity contribution in [2.75, 3.05) is 7.11 Å². The lowest BCUT2D eigenvalue weighted by molar-refractivity contribution is -0.136. The van der Waals surface area contributed by atoms with Crippen LogP contribution in [0.5, 0.6) is 5.88 Å². The Balaban J connectivity index is 3.36. The third kappa shape index (κ3) is 2.87. The first-order chi connectivity index (χ1) is 7.99. The van der Waals surface area contributed by atoms with Gasteiger partial charge in [-0.3, -0.25) is 4.79 Å². The largest absolute Gasteiger partial charge is 0.481 e. The van der Waals surface area contributed by atoms with Gasteiger partial charge in [-0.15, -0.1) is 0 Å². The van der Waals surface area contributed by atoms with Crippen molar-refractivity contribution in [3.8, 4) is 11.9 Å². The van der Waals surface area contributed by atoms with Gasteiger partial charge in [-0.25, -0.2) is 13.8 Å². The lowest BCUT2D eigenvalue weighted by atomic mass is 10.1. The van der Waals surface area contributed by atoms with Gasteiger partial charge < -0.3 is 9.84 Å². The molecule has 0 bridgehead atoms. The fourth-order valence-corrected chi connectivity index (χ4v) is 1.27. The van der Waals surface area contributed by atoms with E-state index in [0.717, 1.165) is 6.07 Å². The molecule has 0 aliphatic carbocycles. The summed E-state index contributed by atoms with van der Waals surface area (Å²) >= 11 is 0. The summed E-state index contributed by atoms with van der Waals surface area (Å²) in [5.41, 5.74) is -1.03. The van der Waals surface area contributed by atoms with Crippen molar-refractivity contribution in [2.24, 2.45) is 0 Å². The number of hydrogen-bond donors (Lipinski definition) is 1. The molecule has 0 radical (unpaired) electrons. The van der Waals surface area contributed by atoms with Crippen molar-refractivity contribution >= 4 is 5.97 Å². The number of hydrogen-bond acceptors (Lipinski definition) is 4. The summed E-state index contributed by atoms with van der Waals surface area (Å²) in [6.45, 7) is 0. The summed E-state index contributed by atoms with van der Waals surface area (Å²) in [5, 5.41) is 17.3. The molecule has 0 aliphatic rings. The molecule has 0 fully saturated rings. The van der Waals surface area contributed by atoms with Crippen LogP contribution in [0.1, 0.15) is 23.2 Å². The third-order valence-electron chi connectivity index (χ3n) is 1.94. The number of alkyl halides is 2. The van der Waals surface area contributed by atoms with Crippen LogP contribution in [0.3, 0.4) is 0 Å². The van der Waals surface area contributed by atoms with Crippen LogP contribution >= 0.6 is 0 Å². The Morgan fingerprint density at radius 1 is 1.71 bits per heavy atom. The monoisotopic (exact) mass is 242 g/mol. The maximum Gasteiger partial charge on any atom is 0.309 e. The van der Waals surface area contributed by atoms with Crippen molar-refractivity contribution in [3.63, 3.8) is 0 Å². The first-order valence-electron chi connectivity index (χ1n) is 4.47. The highest BCUT2D eigenvalue weighted by Gasteiger charge is 2.20. The number of ether oxygens (including phenoxy) is 1. The summed E-state index contributed by atoms with van der Waals surface area (Å²) in [7, 11) is 1.17. The Kier molecular flexibility index (Phi) is 3.93. The van der Waals surface area contributed by atoms with Gasteiger partial charge in [-0.2, -0.15) is 5.26 Å². The molecule has 0 aromatic carbocycles. The molecule has 7 heteroatoms. The Morgan fingerprint density at radius 2 is 2.35 bits per heavy atom. The molecule has 0 saturated carbocycles. The summed E-state index contributed by atoms with van der Waals surface area (Å²) in [6.07, 6.45) is -3.41. The molecule has 1 N–H and O–H groups in total. The second-order valence-corrected chi connectivity index (χ2v) is 3.07. The quantitative estimate of drug-likeness (QED) is 0.865. The lowest BCUT2D eigenvalue weighted by Crippen LogP contribution is -2.07. The van der Waals surface area contributed by atoms with Gasteiger partial charge in [-0.1, -0.05) is 0 Å². The first-order valence-corrected chi connectivity index (χ1v) is 4.47. The first kappa shape index (κ1) is 12.8. The number of nitrogens with zero attached hydrogens (tertiary/aromatic N) is 2. The molecule has 1 rings (SSSR count). The van der Waals surface area contributed by atoms with Crippen LogP contribution in [-0.4, -0.2) is 23.2 Å². The van der Waals surface area contributed by atoms with E-state index in [2.05, 4.69) is 9.72 Å². The summed E-state index contributed by atoms with van der Waals surface area (Å²) in [4.78, 5) is 14.2. The van der Waals surface area contributed by atoms with Crippen LogP contribution in [0.15, 0.2) is 6.07 Å². The van der Waals surface area contributed by atoms with E-state index in [0.29, 0.717) is 0 Å². The van der Waals surface area contributed by atoms with Gasteiger partial charge in [0.05, 0.1) is 19.2 Å². The topological polar surface area (TPSA) is 83.2 Å². The minimum Gasteiger partial charge on any atom is -0.481 e. The smallest absolute Gasteiger partial charge is 0.309 e. The molecule has 1 heterocycles. The van der Waals surface area contributed by atoms with Gasteiger partial charge in [0.2, 0.25) is 5.88 Å². The summed E-state index contributed by atoms with van der Waals surface area (Å²) in [6, 6.07) is 2.46. The van der Waals surface area contributed by atoms with Crippen molar-refractivity contribution in [1.29, 1.82) is 5.26 Å². The number of halogens is 2. The number of nitriles is 1. The molecule has 0 saturated heterocycles. The normalized spacial score (nSPS) is 10.1. The Morgan fingerprint density at radius 3 is 2.76 bits per heavy atom. The second-order valence-electron chi connectivity index (χ2n) is 3.07. The van der Waals surface area contributed by atoms with Gasteiger partial charge in [0.1, 0.15) is 11.6 Å². The number of methoxy groups -OCH3 is 1. The van der Waals surface area contributed by atoms with E-state index >= 15 is 0 Å². The molecular formula is C10H8F2N2O3. The van der Waals surface area contributed by atoms with E-state index in [1.165, 1.54) is 7.11 Å². The van der Waals surface area contributed by atoms with Gasteiger partial charge in [0, 0.05) is 5.56 Å². The van der Waals surface area contributed by atoms with Crippen LogP contribution < -0.4 is 4.74 Å². The number of rotatable bonds is 4. The number of carbonyl (C=O) groups is 1. The van der Waals surface area contributed by atoms with E-state index in [9.17, 15) is 13.6 Å². The van der Waals surface area contributed by atoms with Gasteiger partial charge >= 0.3 is 5.97 Å². The summed E-state index contributed by atoms with van der Waals surface area (Å²) in [5.74, 6) is -1.49. The molecule has 0 aliphatic heterocycles. The highest BCUT2D eigenvalue weighted by Crippen LogP contribution is 2.28. The molecule has 0 unspecified atom stereocenters. The van der Waals surface area contributed by atoms with Crippen molar-refractivity contribution in [3.05, 3.63) is 22.9 Å². The highest BCUT2D eigenvalue weighted by molar-refractivity contribution is 5.70. The number of aromatic nitrogens is 1. The second kappa shape index (κ2) is 5.21. The lowest BCUT2D eigenvalue weighted by Gasteiger charge is -2.09. The minimum absolute atomic E-state index is 0.0800. The zero-order valence-electron chi connectivity index (χ0n) is 8.78. The molecule has 0 atom stereocenters. The predicted molar refractivity (Wildman–Crippen MR) is 51.8 cm³/mol. The Hall–Kier alpha value is -2.23. The fourth-order valence-electron chi connectivity index (χ4n) is 1.27. The molecule has 17 heavy (non-hydrogen) atoms. The average Bonchev–Trinajstić information content (AvgIpc) is 2.26. The van der Waals surface area contributed by atoms with Crippen LogP contribution in [0.2, 0.25) is 0 Å². The van der Waals surface area contributed by atoms with Crippen molar-refractivity contribution < 1.29 is 23.4 Å². The maximum atomic E-state index is 12.7. The highest BCUT2D eigenvalue weighted by atomic mass is 19.3. The molecular weight excluding hydrogens is 234 g/mol. The van der Waals surface area contributed by atoms with Crippen molar-refractivity contribution in [2.45, 2.75) is 12.8 Å². The molecule has 90 valence electrons. The standard InChI is InChI=1S/C10H8F2N2O3/c1-17-10-7(4-13)6(9(11)12)2-5(14-10)3-8(15)16/h2,9H,3H2,1H3,(H,15,16). The zero-order valence-corrected chi connectivity index (χ0v) is 8.78. The SMILES string of the molecule is COc1nc(CC(=O)O)cc(C(F)F)c1C#N. The number of carboxylic acids is 1. The van der Waals surface area contributed by atoms with Crippen LogP contribution in [0, 0.1) is 11.3 Å². The van der Waals surface area contributed by atoms with E-state index < -0.39 is 24.4 Å². The van der Waals surface area contributed by atoms with E-state index in [-0.39, 0.29) is 17.1 Å². The number of carboxylic acid groups (broad SMARTS) is 1. The van der Waals surface area contributed by atoms with E-state index in [4.69, 9.17) is 10.4 Å². The summed E-state index contributed by atoms with van der Waals surface area (Å²) < 4.78 is 30.0. The molecule has 1 aromatic heterocycles. The van der Waals surface area contributed by atoms with E-state index in [1.807, 2.05) is 0 Å². The fraction of sp³-hybridized carbons (Fsp3) is 0.300. The van der Waals surface area contributed by atoms with Crippen LogP contribution in [-0.2, 0) is 11.2 Å². The van der Waals surface area contributed by atoms with Crippen LogP contribution in [0.25, 0.3) is 0 Å². The van der Waals surface area contributed by atoms with Crippen LogP contribution in [0.4, 0.5) is 8.78 Å². The average molecular weight is 242 g/mol. The maximum absolute atomic E-state index is 12.7. The number of aliphatic carboxylic acids is 1. The third-order valence-corrected chi connectivity index (χ3v) is 1.94. The molecule has 0 spiro atoms. The molecule has 0 amide bonds. The number of pyridine rings is 1. The van der Waals surface area contributed by atoms with Gasteiger partial charge in [0.15, 0.2) is 0 Å². The Labute approximate surface area is 95.3 Å². The van der Waals surface area contributed by atoms with Crippen molar-refractivity contribution in [1.82, 2.24) is 4.98 Å². The zero-order chi connectivity index (χ0) is 13.0. The van der Waals surface area contributed by atoms with E-state index in [1.54, 1.807) is 6.07 Å². The minimum atomic E-state index is -2.89. The molecule has 5 nitrogen and oxygen atoms in total. The molecule has 1 aromatic rings. The Bertz CT molecular complexity index is 483. The van der Waals surface area contributed by atoms with Gasteiger partial charge in [-0.05, 0) is 6.07 Å². The predicted octanol–water partition coefficient (Wildman–Crippen LogP) is 1.53. The van der Waals surface area contributed by atoms with Gasteiger partial charge in [0.25, 0.3) is 6.43 Å².